The van der Waals surface area contributed by atoms with Crippen LogP contribution in [0.25, 0.3) is 16.5 Å². The first-order valence-corrected chi connectivity index (χ1v) is 5.91. The van der Waals surface area contributed by atoms with Crippen molar-refractivity contribution in [2.24, 2.45) is 0 Å². The Morgan fingerprint density at radius 3 is 2.88 bits per heavy atom. The van der Waals surface area contributed by atoms with Crippen molar-refractivity contribution >= 4 is 29.0 Å². The third kappa shape index (κ3) is 2.52. The summed E-state index contributed by atoms with van der Waals surface area (Å²) >= 11 is 7.57. The standard InChI is InChI=1S/C13H8ClNS/c14-11-4-1-3-10(9-11)13-7-6-12(16-13)5-2-8-15/h1-7,9H. The zero-order valence-corrected chi connectivity index (χ0v) is 9.92. The van der Waals surface area contributed by atoms with E-state index in [1.807, 2.05) is 42.5 Å². The highest BCUT2D eigenvalue weighted by Crippen LogP contribution is 2.30. The normalized spacial score (nSPS) is 10.5. The average molecular weight is 246 g/mol. The monoisotopic (exact) mass is 245 g/mol. The second-order valence-electron chi connectivity index (χ2n) is 3.17. The van der Waals surface area contributed by atoms with Crippen LogP contribution in [0.3, 0.4) is 0 Å². The Bertz CT molecular complexity index is 563. The van der Waals surface area contributed by atoms with E-state index in [-0.39, 0.29) is 0 Å². The van der Waals surface area contributed by atoms with Crippen molar-refractivity contribution in [1.29, 1.82) is 5.26 Å². The van der Waals surface area contributed by atoms with Crippen molar-refractivity contribution in [1.82, 2.24) is 0 Å². The maximum Gasteiger partial charge on any atom is 0.0912 e. The third-order valence-corrected chi connectivity index (χ3v) is 3.39. The lowest BCUT2D eigenvalue weighted by Crippen LogP contribution is -1.70. The average Bonchev–Trinajstić information content (AvgIpc) is 2.75. The Kier molecular flexibility index (Phi) is 3.40. The fourth-order valence-electron chi connectivity index (χ4n) is 1.36. The van der Waals surface area contributed by atoms with Gasteiger partial charge in [0, 0.05) is 20.9 Å². The lowest BCUT2D eigenvalue weighted by atomic mass is 10.2. The Balaban J connectivity index is 2.32. The molecule has 78 valence electrons. The number of nitriles is 1. The summed E-state index contributed by atoms with van der Waals surface area (Å²) in [6.07, 6.45) is 3.28. The number of hydrogen-bond acceptors (Lipinski definition) is 2. The molecule has 0 saturated heterocycles. The summed E-state index contributed by atoms with van der Waals surface area (Å²) in [5, 5.41) is 9.17. The maximum absolute atomic E-state index is 8.44. The second kappa shape index (κ2) is 4.98. The van der Waals surface area contributed by atoms with E-state index in [9.17, 15) is 0 Å². The van der Waals surface area contributed by atoms with Crippen LogP contribution in [0.2, 0.25) is 5.02 Å². The predicted molar refractivity (Wildman–Crippen MR) is 69.4 cm³/mol. The molecule has 0 unspecified atom stereocenters. The first-order chi connectivity index (χ1) is 7.79. The maximum atomic E-state index is 8.44. The molecule has 0 aliphatic rings. The Morgan fingerprint density at radius 1 is 1.25 bits per heavy atom. The molecule has 0 amide bonds. The van der Waals surface area contributed by atoms with Gasteiger partial charge < -0.3 is 0 Å². The molecule has 0 fully saturated rings. The molecular formula is C13H8ClNS. The first kappa shape index (κ1) is 10.9. The zero-order valence-electron chi connectivity index (χ0n) is 8.35. The van der Waals surface area contributed by atoms with Gasteiger partial charge in [-0.3, -0.25) is 0 Å². The van der Waals surface area contributed by atoms with Crippen molar-refractivity contribution in [3.63, 3.8) is 0 Å². The fraction of sp³-hybridized carbons (Fsp3) is 0. The number of halogens is 1. The number of hydrogen-bond donors (Lipinski definition) is 0. The van der Waals surface area contributed by atoms with Crippen LogP contribution in [-0.4, -0.2) is 0 Å². The molecule has 0 aliphatic heterocycles. The molecule has 0 radical (unpaired) electrons. The minimum absolute atomic E-state index is 0.736. The van der Waals surface area contributed by atoms with Crippen LogP contribution in [0.5, 0.6) is 0 Å². The highest BCUT2D eigenvalue weighted by atomic mass is 35.5. The zero-order chi connectivity index (χ0) is 11.4. The van der Waals surface area contributed by atoms with E-state index in [2.05, 4.69) is 0 Å². The van der Waals surface area contributed by atoms with Crippen LogP contribution < -0.4 is 0 Å². The van der Waals surface area contributed by atoms with Gasteiger partial charge in [-0.1, -0.05) is 23.7 Å². The molecule has 0 N–H and O–H groups in total. The SMILES string of the molecule is N#CC=Cc1ccc(-c2cccc(Cl)c2)s1. The fourth-order valence-corrected chi connectivity index (χ4v) is 2.46. The lowest BCUT2D eigenvalue weighted by Gasteiger charge is -1.96. The second-order valence-corrected chi connectivity index (χ2v) is 4.73. The molecular weight excluding hydrogens is 238 g/mol. The van der Waals surface area contributed by atoms with Gasteiger partial charge in [-0.05, 0) is 35.9 Å². The van der Waals surface area contributed by atoms with Crippen molar-refractivity contribution in [2.45, 2.75) is 0 Å². The smallest absolute Gasteiger partial charge is 0.0912 e. The number of rotatable bonds is 2. The summed E-state index contributed by atoms with van der Waals surface area (Å²) in [4.78, 5) is 2.22. The van der Waals surface area contributed by atoms with Gasteiger partial charge in [0.25, 0.3) is 0 Å². The summed E-state index contributed by atoms with van der Waals surface area (Å²) in [5.74, 6) is 0. The molecule has 1 nitrogen and oxygen atoms in total. The molecule has 0 spiro atoms. The van der Waals surface area contributed by atoms with Gasteiger partial charge in [0.05, 0.1) is 6.07 Å². The molecule has 16 heavy (non-hydrogen) atoms. The van der Waals surface area contributed by atoms with E-state index in [0.29, 0.717) is 0 Å². The largest absolute Gasteiger partial charge is 0.193 e. The highest BCUT2D eigenvalue weighted by Gasteiger charge is 2.01. The van der Waals surface area contributed by atoms with E-state index in [1.165, 1.54) is 6.08 Å². The molecule has 0 bridgehead atoms. The number of benzene rings is 1. The number of nitrogens with zero attached hydrogens (tertiary/aromatic N) is 1. The van der Waals surface area contributed by atoms with Gasteiger partial charge >= 0.3 is 0 Å². The summed E-state index contributed by atoms with van der Waals surface area (Å²) in [6.45, 7) is 0. The molecule has 1 heterocycles. The van der Waals surface area contributed by atoms with Crippen LogP contribution in [0.1, 0.15) is 4.88 Å². The summed E-state index contributed by atoms with van der Waals surface area (Å²) in [7, 11) is 0. The van der Waals surface area contributed by atoms with E-state index in [4.69, 9.17) is 16.9 Å². The Labute approximate surface area is 103 Å². The highest BCUT2D eigenvalue weighted by molar-refractivity contribution is 7.16. The number of thiophene rings is 1. The van der Waals surface area contributed by atoms with Crippen LogP contribution in [0, 0.1) is 11.3 Å². The van der Waals surface area contributed by atoms with Gasteiger partial charge in [-0.25, -0.2) is 0 Å². The van der Waals surface area contributed by atoms with Crippen molar-refractivity contribution in [3.8, 4) is 16.5 Å². The predicted octanol–water partition coefficient (Wildman–Crippen LogP) is 4.61. The molecule has 0 aliphatic carbocycles. The Morgan fingerprint density at radius 2 is 2.12 bits per heavy atom. The molecule has 0 atom stereocenters. The summed E-state index contributed by atoms with van der Waals surface area (Å²) < 4.78 is 0. The van der Waals surface area contributed by atoms with Gasteiger partial charge in [0.15, 0.2) is 0 Å². The minimum Gasteiger partial charge on any atom is -0.193 e. The quantitative estimate of drug-likeness (QED) is 0.709. The lowest BCUT2D eigenvalue weighted by molar-refractivity contribution is 1.54. The molecule has 1 aromatic carbocycles. The number of allylic oxidation sites excluding steroid dienone is 1. The van der Waals surface area contributed by atoms with E-state index >= 15 is 0 Å². The van der Waals surface area contributed by atoms with Crippen LogP contribution in [0.4, 0.5) is 0 Å². The molecule has 1 aromatic heterocycles. The summed E-state index contributed by atoms with van der Waals surface area (Å²) in [5.41, 5.74) is 1.11. The van der Waals surface area contributed by atoms with Crippen molar-refractivity contribution in [3.05, 3.63) is 52.4 Å². The molecule has 3 heteroatoms. The van der Waals surface area contributed by atoms with Gasteiger partial charge in [0.2, 0.25) is 0 Å². The van der Waals surface area contributed by atoms with Gasteiger partial charge in [-0.15, -0.1) is 11.3 Å². The Hall–Kier alpha value is -1.56. The third-order valence-electron chi connectivity index (χ3n) is 2.06. The van der Waals surface area contributed by atoms with Crippen LogP contribution in [-0.2, 0) is 0 Å². The molecule has 2 aromatic rings. The van der Waals surface area contributed by atoms with Crippen LogP contribution >= 0.6 is 22.9 Å². The molecule has 2 rings (SSSR count). The molecule has 0 saturated carbocycles. The van der Waals surface area contributed by atoms with Gasteiger partial charge in [0.1, 0.15) is 0 Å². The minimum atomic E-state index is 0.736. The van der Waals surface area contributed by atoms with Crippen LogP contribution in [0.15, 0.2) is 42.5 Å². The van der Waals surface area contributed by atoms with Crippen molar-refractivity contribution < 1.29 is 0 Å². The topological polar surface area (TPSA) is 23.8 Å². The van der Waals surface area contributed by atoms with E-state index in [1.54, 1.807) is 17.4 Å². The van der Waals surface area contributed by atoms with E-state index < -0.39 is 0 Å². The van der Waals surface area contributed by atoms with E-state index in [0.717, 1.165) is 20.3 Å². The summed E-state index contributed by atoms with van der Waals surface area (Å²) in [6, 6.07) is 13.8. The van der Waals surface area contributed by atoms with Gasteiger partial charge in [-0.2, -0.15) is 5.26 Å². The van der Waals surface area contributed by atoms with Crippen molar-refractivity contribution in [2.75, 3.05) is 0 Å². The first-order valence-electron chi connectivity index (χ1n) is 4.71.